The Hall–Kier alpha value is -1.64. The number of urea groups is 1. The predicted molar refractivity (Wildman–Crippen MR) is 73.7 cm³/mol. The van der Waals surface area contributed by atoms with Crippen LogP contribution in [0.25, 0.3) is 0 Å². The molecule has 1 aromatic rings. The number of fused-ring (bicyclic) bond motifs is 1. The third-order valence-electron chi connectivity index (χ3n) is 4.26. The Labute approximate surface area is 121 Å². The number of aryl methyl sites for hydroxylation is 2. The molecule has 0 radical (unpaired) electrons. The quantitative estimate of drug-likeness (QED) is 0.493. The van der Waals surface area contributed by atoms with Gasteiger partial charge in [0.05, 0.1) is 12.1 Å². The molecule has 0 aromatic carbocycles. The van der Waals surface area contributed by atoms with E-state index in [0.29, 0.717) is 12.2 Å². The number of aliphatic hydroxyl groups is 3. The lowest BCUT2D eigenvalue weighted by atomic mass is 10.1. The zero-order valence-corrected chi connectivity index (χ0v) is 11.6. The fourth-order valence-corrected chi connectivity index (χ4v) is 3.09. The van der Waals surface area contributed by atoms with Gasteiger partial charge in [0.1, 0.15) is 6.10 Å². The van der Waals surface area contributed by atoms with Crippen molar-refractivity contribution in [3.05, 3.63) is 11.8 Å². The molecule has 5 N–H and O–H groups in total. The van der Waals surface area contributed by atoms with Crippen LogP contribution >= 0.6 is 0 Å². The largest absolute Gasteiger partial charge is 0.396 e. The number of carbonyl (C=O) groups is 1. The van der Waals surface area contributed by atoms with Gasteiger partial charge in [0.25, 0.3) is 0 Å². The summed E-state index contributed by atoms with van der Waals surface area (Å²) in [6.45, 7) is 0.649. The van der Waals surface area contributed by atoms with Crippen LogP contribution in [0.5, 0.6) is 0 Å². The number of carbonyl (C=O) groups excluding carboxylic acids is 1. The molecule has 1 aliphatic carbocycles. The maximum atomic E-state index is 11.9. The first kappa shape index (κ1) is 14.3. The Bertz CT molecular complexity index is 511. The van der Waals surface area contributed by atoms with Gasteiger partial charge in [0.2, 0.25) is 0 Å². The van der Waals surface area contributed by atoms with Crippen LogP contribution in [0.1, 0.15) is 18.5 Å². The predicted octanol–water partition coefficient (Wildman–Crippen LogP) is -0.947. The molecule has 2 amide bonds. The van der Waals surface area contributed by atoms with E-state index in [9.17, 15) is 15.0 Å². The van der Waals surface area contributed by atoms with Gasteiger partial charge in [-0.05, 0) is 19.3 Å². The number of aromatic nitrogens is 2. The van der Waals surface area contributed by atoms with Crippen molar-refractivity contribution in [3.8, 4) is 0 Å². The second-order valence-electron chi connectivity index (χ2n) is 5.71. The van der Waals surface area contributed by atoms with E-state index in [1.807, 2.05) is 10.7 Å². The van der Waals surface area contributed by atoms with Crippen molar-refractivity contribution in [3.63, 3.8) is 0 Å². The SMILES string of the molecule is O=C(Nc1cc2n(n1)CCC2)N[C@H]1C[C@@H](CO)[C@H](O)[C@@H]1O. The van der Waals surface area contributed by atoms with Crippen LogP contribution in [0, 0.1) is 5.92 Å². The maximum Gasteiger partial charge on any atom is 0.320 e. The van der Waals surface area contributed by atoms with Crippen molar-refractivity contribution in [2.45, 2.75) is 44.1 Å². The van der Waals surface area contributed by atoms with Gasteiger partial charge in [-0.2, -0.15) is 5.10 Å². The number of amides is 2. The number of nitrogens with zero attached hydrogens (tertiary/aromatic N) is 2. The summed E-state index contributed by atoms with van der Waals surface area (Å²) in [4.78, 5) is 11.9. The highest BCUT2D eigenvalue weighted by atomic mass is 16.3. The van der Waals surface area contributed by atoms with Gasteiger partial charge in [0, 0.05) is 30.8 Å². The van der Waals surface area contributed by atoms with E-state index in [0.717, 1.165) is 25.1 Å². The Morgan fingerprint density at radius 3 is 2.90 bits per heavy atom. The zero-order valence-electron chi connectivity index (χ0n) is 11.6. The number of aliphatic hydroxyl groups excluding tert-OH is 3. The van der Waals surface area contributed by atoms with Crippen molar-refractivity contribution in [2.24, 2.45) is 5.92 Å². The summed E-state index contributed by atoms with van der Waals surface area (Å²) in [6.07, 6.45) is 0.286. The minimum atomic E-state index is -1.07. The van der Waals surface area contributed by atoms with Crippen molar-refractivity contribution < 1.29 is 20.1 Å². The standard InChI is InChI=1S/C13H20N4O4/c18-6-7-4-9(12(20)11(7)19)14-13(21)15-10-5-8-2-1-3-17(8)16-10/h5,7,9,11-12,18-20H,1-4,6H2,(H2,14,15,16,21)/t7-,9-,11-,12+/m0/s1. The van der Waals surface area contributed by atoms with Crippen LogP contribution in [0.2, 0.25) is 0 Å². The second-order valence-corrected chi connectivity index (χ2v) is 5.71. The van der Waals surface area contributed by atoms with Crippen molar-refractivity contribution in [1.29, 1.82) is 0 Å². The first-order valence-corrected chi connectivity index (χ1v) is 7.19. The van der Waals surface area contributed by atoms with Crippen LogP contribution < -0.4 is 10.6 Å². The summed E-state index contributed by atoms with van der Waals surface area (Å²) in [5.74, 6) is 0.0654. The van der Waals surface area contributed by atoms with Crippen LogP contribution in [-0.4, -0.2) is 56.0 Å². The van der Waals surface area contributed by atoms with E-state index in [4.69, 9.17) is 5.11 Å². The van der Waals surface area contributed by atoms with Crippen LogP contribution in [0.3, 0.4) is 0 Å². The van der Waals surface area contributed by atoms with Gasteiger partial charge in [-0.25, -0.2) is 4.79 Å². The molecule has 8 heteroatoms. The van der Waals surface area contributed by atoms with Crippen molar-refractivity contribution >= 4 is 11.8 Å². The summed E-state index contributed by atoms with van der Waals surface area (Å²) in [5, 5.41) is 38.2. The molecule has 1 fully saturated rings. The van der Waals surface area contributed by atoms with Crippen molar-refractivity contribution in [1.82, 2.24) is 15.1 Å². The number of hydrogen-bond acceptors (Lipinski definition) is 5. The molecule has 0 saturated heterocycles. The molecule has 0 spiro atoms. The average Bonchev–Trinajstić information content (AvgIpc) is 3.08. The molecule has 1 aromatic heterocycles. The van der Waals surface area contributed by atoms with Gasteiger partial charge >= 0.3 is 6.03 Å². The van der Waals surface area contributed by atoms with Gasteiger partial charge in [-0.15, -0.1) is 0 Å². The lowest BCUT2D eigenvalue weighted by Crippen LogP contribution is -2.44. The minimum Gasteiger partial charge on any atom is -0.396 e. The Kier molecular flexibility index (Phi) is 3.83. The van der Waals surface area contributed by atoms with Gasteiger partial charge in [-0.3, -0.25) is 10.00 Å². The fourth-order valence-electron chi connectivity index (χ4n) is 3.09. The molecule has 8 nitrogen and oxygen atoms in total. The highest BCUT2D eigenvalue weighted by Gasteiger charge is 2.41. The number of nitrogens with one attached hydrogen (secondary N) is 2. The van der Waals surface area contributed by atoms with Crippen LogP contribution in [0.15, 0.2) is 6.07 Å². The molecule has 4 atom stereocenters. The Morgan fingerprint density at radius 1 is 1.43 bits per heavy atom. The summed E-state index contributed by atoms with van der Waals surface area (Å²) >= 11 is 0. The Morgan fingerprint density at radius 2 is 2.24 bits per heavy atom. The summed E-state index contributed by atoms with van der Waals surface area (Å²) < 4.78 is 1.87. The molecule has 2 heterocycles. The topological polar surface area (TPSA) is 120 Å². The fraction of sp³-hybridized carbons (Fsp3) is 0.692. The zero-order chi connectivity index (χ0) is 15.0. The van der Waals surface area contributed by atoms with E-state index < -0.39 is 30.2 Å². The molecule has 1 saturated carbocycles. The van der Waals surface area contributed by atoms with Crippen LogP contribution in [-0.2, 0) is 13.0 Å². The van der Waals surface area contributed by atoms with Gasteiger partial charge in [-0.1, -0.05) is 0 Å². The third kappa shape index (κ3) is 2.74. The maximum absolute atomic E-state index is 11.9. The average molecular weight is 296 g/mol. The monoisotopic (exact) mass is 296 g/mol. The normalized spacial score (nSPS) is 31.2. The van der Waals surface area contributed by atoms with E-state index in [2.05, 4.69) is 15.7 Å². The first-order chi connectivity index (χ1) is 10.1. The lowest BCUT2D eigenvalue weighted by Gasteiger charge is -2.17. The lowest BCUT2D eigenvalue weighted by molar-refractivity contribution is 0.000964. The van der Waals surface area contributed by atoms with Crippen LogP contribution in [0.4, 0.5) is 10.6 Å². The first-order valence-electron chi connectivity index (χ1n) is 7.19. The Balaban J connectivity index is 1.56. The third-order valence-corrected chi connectivity index (χ3v) is 4.26. The van der Waals surface area contributed by atoms with E-state index in [1.54, 1.807) is 0 Å². The summed E-state index contributed by atoms with van der Waals surface area (Å²) in [5.41, 5.74) is 1.10. The number of anilines is 1. The molecule has 0 bridgehead atoms. The highest BCUT2D eigenvalue weighted by molar-refractivity contribution is 5.88. The van der Waals surface area contributed by atoms with E-state index in [1.165, 1.54) is 0 Å². The number of rotatable bonds is 3. The number of hydrogen-bond donors (Lipinski definition) is 5. The van der Waals surface area contributed by atoms with Gasteiger partial charge in [0.15, 0.2) is 5.82 Å². The smallest absolute Gasteiger partial charge is 0.320 e. The van der Waals surface area contributed by atoms with Crippen molar-refractivity contribution in [2.75, 3.05) is 11.9 Å². The second kappa shape index (κ2) is 5.63. The molecule has 2 aliphatic rings. The van der Waals surface area contributed by atoms with E-state index in [-0.39, 0.29) is 6.61 Å². The molecule has 116 valence electrons. The molecular weight excluding hydrogens is 276 g/mol. The highest BCUT2D eigenvalue weighted by Crippen LogP contribution is 2.26. The van der Waals surface area contributed by atoms with Gasteiger partial charge < -0.3 is 20.6 Å². The minimum absolute atomic E-state index is 0.216. The summed E-state index contributed by atoms with van der Waals surface area (Å²) in [7, 11) is 0. The molecular formula is C13H20N4O4. The summed E-state index contributed by atoms with van der Waals surface area (Å²) in [6, 6.07) is 0.788. The molecule has 0 unspecified atom stereocenters. The van der Waals surface area contributed by atoms with E-state index >= 15 is 0 Å². The molecule has 1 aliphatic heterocycles. The molecule has 3 rings (SSSR count). The molecule has 21 heavy (non-hydrogen) atoms.